The molecule has 0 spiro atoms. The van der Waals surface area contributed by atoms with Gasteiger partial charge in [0.25, 0.3) is 18.2 Å². The Hall–Kier alpha value is -4.27. The molecule has 12 nitrogen and oxygen atoms in total. The number of nitrogens with one attached hydrogen (secondary N) is 1. The molecule has 0 atom stereocenters. The van der Waals surface area contributed by atoms with E-state index < -0.39 is 34.5 Å². The fourth-order valence-corrected chi connectivity index (χ4v) is 5.07. The summed E-state index contributed by atoms with van der Waals surface area (Å²) in [6, 6.07) is 1.17. The summed E-state index contributed by atoms with van der Waals surface area (Å²) in [6.07, 6.45) is -1.42. The highest BCUT2D eigenvalue weighted by molar-refractivity contribution is 7.21. The third-order valence-corrected chi connectivity index (χ3v) is 6.75. The van der Waals surface area contributed by atoms with Crippen LogP contribution in [-0.4, -0.2) is 41.3 Å². The van der Waals surface area contributed by atoms with E-state index in [1.54, 1.807) is 11.6 Å². The predicted molar refractivity (Wildman–Crippen MR) is 127 cm³/mol. The summed E-state index contributed by atoms with van der Waals surface area (Å²) >= 11 is 0.731. The molecule has 188 valence electrons. The number of fused-ring (bicyclic) bond motifs is 1. The summed E-state index contributed by atoms with van der Waals surface area (Å²) in [5.41, 5.74) is 5.47. The van der Waals surface area contributed by atoms with Gasteiger partial charge in [0.2, 0.25) is 5.69 Å². The van der Waals surface area contributed by atoms with Crippen molar-refractivity contribution < 1.29 is 23.3 Å². The molecule has 36 heavy (non-hydrogen) atoms. The first kappa shape index (κ1) is 24.8. The molecule has 0 saturated heterocycles. The standard InChI is InChI=1S/C21H20F2N8O4S/c1-5-30-9(3)11(7-25-30)10-6-12(18(22)23)26-21-13(10)14(17(36-21)19(24)32)27-20(33)16-15(31(34)35)8(2)28-29(16)4/h6-7,18H,5H2,1-4H3,(H2,24,32)(H,27,33). The number of carbonyl (C=O) groups excluding carboxylic acids is 2. The average molecular weight is 519 g/mol. The number of nitrogens with two attached hydrogens (primary N) is 1. The molecule has 0 saturated carbocycles. The number of hydrogen-bond acceptors (Lipinski definition) is 8. The number of anilines is 1. The SMILES string of the molecule is CCn1ncc(-c2cc(C(F)F)nc3sc(C(N)=O)c(NC(=O)c4c([N+](=O)[O-])c(C)nn4C)c23)c1C. The zero-order valence-corrected chi connectivity index (χ0v) is 20.3. The van der Waals surface area contributed by atoms with Crippen molar-refractivity contribution in [2.24, 2.45) is 12.8 Å². The highest BCUT2D eigenvalue weighted by atomic mass is 32.1. The molecule has 4 aromatic heterocycles. The summed E-state index contributed by atoms with van der Waals surface area (Å²) in [5, 5.41) is 22.5. The van der Waals surface area contributed by atoms with E-state index in [4.69, 9.17) is 5.73 Å². The van der Waals surface area contributed by atoms with Gasteiger partial charge in [-0.05, 0) is 32.4 Å². The Morgan fingerprint density at radius 3 is 2.56 bits per heavy atom. The maximum absolute atomic E-state index is 13.7. The smallest absolute Gasteiger partial charge is 0.322 e. The van der Waals surface area contributed by atoms with E-state index >= 15 is 0 Å². The van der Waals surface area contributed by atoms with Crippen molar-refractivity contribution in [3.8, 4) is 11.1 Å². The number of halogens is 2. The van der Waals surface area contributed by atoms with E-state index in [-0.39, 0.29) is 37.7 Å². The number of nitro groups is 1. The minimum Gasteiger partial charge on any atom is -0.365 e. The van der Waals surface area contributed by atoms with Crippen LogP contribution in [0.3, 0.4) is 0 Å². The molecular formula is C21H20F2N8O4S. The molecule has 3 N–H and O–H groups in total. The number of thiophene rings is 1. The van der Waals surface area contributed by atoms with Gasteiger partial charge >= 0.3 is 5.69 Å². The summed E-state index contributed by atoms with van der Waals surface area (Å²) < 4.78 is 30.1. The maximum atomic E-state index is 13.7. The number of aromatic nitrogens is 5. The number of rotatable bonds is 7. The van der Waals surface area contributed by atoms with Crippen LogP contribution in [0.5, 0.6) is 0 Å². The van der Waals surface area contributed by atoms with E-state index in [2.05, 4.69) is 20.5 Å². The Bertz CT molecular complexity index is 1560. The Morgan fingerprint density at radius 2 is 2.00 bits per heavy atom. The molecule has 0 aliphatic heterocycles. The monoisotopic (exact) mass is 518 g/mol. The number of aryl methyl sites for hydroxylation is 3. The molecule has 4 heterocycles. The highest BCUT2D eigenvalue weighted by Crippen LogP contribution is 2.43. The first-order valence-electron chi connectivity index (χ1n) is 10.5. The Morgan fingerprint density at radius 1 is 1.31 bits per heavy atom. The molecule has 15 heteroatoms. The van der Waals surface area contributed by atoms with Crippen molar-refractivity contribution >= 4 is 44.7 Å². The van der Waals surface area contributed by atoms with E-state index in [9.17, 15) is 28.5 Å². The largest absolute Gasteiger partial charge is 0.365 e. The van der Waals surface area contributed by atoms with Crippen LogP contribution in [0.2, 0.25) is 0 Å². The van der Waals surface area contributed by atoms with Crippen molar-refractivity contribution in [3.63, 3.8) is 0 Å². The van der Waals surface area contributed by atoms with Crippen molar-refractivity contribution in [2.75, 3.05) is 5.32 Å². The van der Waals surface area contributed by atoms with Gasteiger partial charge in [0.05, 0.1) is 16.8 Å². The normalized spacial score (nSPS) is 11.4. The minimum atomic E-state index is -2.91. The molecule has 0 unspecified atom stereocenters. The van der Waals surface area contributed by atoms with Crippen LogP contribution >= 0.6 is 11.3 Å². The van der Waals surface area contributed by atoms with Crippen molar-refractivity contribution in [3.05, 3.63) is 50.0 Å². The van der Waals surface area contributed by atoms with E-state index in [1.807, 2.05) is 6.92 Å². The summed E-state index contributed by atoms with van der Waals surface area (Å²) in [5.74, 6) is -1.87. The van der Waals surface area contributed by atoms with Gasteiger partial charge in [-0.1, -0.05) is 0 Å². The maximum Gasteiger partial charge on any atom is 0.322 e. The van der Waals surface area contributed by atoms with Crippen LogP contribution in [0.15, 0.2) is 12.3 Å². The highest BCUT2D eigenvalue weighted by Gasteiger charge is 2.32. The zero-order valence-electron chi connectivity index (χ0n) is 19.5. The molecule has 2 amide bonds. The summed E-state index contributed by atoms with van der Waals surface area (Å²) in [7, 11) is 1.36. The Labute approximate surface area is 205 Å². The molecule has 0 aliphatic carbocycles. The first-order chi connectivity index (χ1) is 17.0. The van der Waals surface area contributed by atoms with E-state index in [0.717, 1.165) is 16.0 Å². The number of pyridine rings is 1. The van der Waals surface area contributed by atoms with Crippen LogP contribution in [0, 0.1) is 24.0 Å². The van der Waals surface area contributed by atoms with Gasteiger partial charge in [-0.2, -0.15) is 10.2 Å². The van der Waals surface area contributed by atoms with E-state index in [1.165, 1.54) is 26.2 Å². The van der Waals surface area contributed by atoms with Gasteiger partial charge in [-0.15, -0.1) is 11.3 Å². The van der Waals surface area contributed by atoms with Gasteiger partial charge in [0.15, 0.2) is 0 Å². The second kappa shape index (κ2) is 9.07. The molecule has 0 radical (unpaired) electrons. The summed E-state index contributed by atoms with van der Waals surface area (Å²) in [4.78, 5) is 40.3. The second-order valence-electron chi connectivity index (χ2n) is 7.82. The van der Waals surface area contributed by atoms with Crippen LogP contribution < -0.4 is 11.1 Å². The van der Waals surface area contributed by atoms with Crippen LogP contribution in [0.1, 0.15) is 50.6 Å². The summed E-state index contributed by atoms with van der Waals surface area (Å²) in [6.45, 7) is 5.51. The lowest BCUT2D eigenvalue weighted by Crippen LogP contribution is -2.20. The average Bonchev–Trinajstić information content (AvgIpc) is 3.45. The van der Waals surface area contributed by atoms with Gasteiger partial charge in [0.1, 0.15) is 21.1 Å². The molecule has 4 aromatic rings. The zero-order chi connectivity index (χ0) is 26.5. The predicted octanol–water partition coefficient (Wildman–Crippen LogP) is 3.73. The molecule has 0 bridgehead atoms. The number of hydrogen-bond donors (Lipinski definition) is 2. The number of alkyl halides is 2. The van der Waals surface area contributed by atoms with Gasteiger partial charge in [-0.3, -0.25) is 29.1 Å². The quantitative estimate of drug-likeness (QED) is 0.278. The number of carbonyl (C=O) groups is 2. The lowest BCUT2D eigenvalue weighted by Gasteiger charge is -2.11. The third kappa shape index (κ3) is 3.96. The second-order valence-corrected chi connectivity index (χ2v) is 8.82. The molecule has 4 rings (SSSR count). The minimum absolute atomic E-state index is 0.0180. The van der Waals surface area contributed by atoms with Crippen LogP contribution in [0.25, 0.3) is 21.3 Å². The van der Waals surface area contributed by atoms with Crippen molar-refractivity contribution in [2.45, 2.75) is 33.7 Å². The fraction of sp³-hybridized carbons (Fsp3) is 0.286. The molecule has 0 fully saturated rings. The lowest BCUT2D eigenvalue weighted by atomic mass is 10.0. The third-order valence-electron chi connectivity index (χ3n) is 5.65. The topological polar surface area (TPSA) is 164 Å². The van der Waals surface area contributed by atoms with Crippen LogP contribution in [0.4, 0.5) is 20.2 Å². The molecule has 0 aliphatic rings. The number of primary amides is 1. The van der Waals surface area contributed by atoms with Crippen LogP contribution in [-0.2, 0) is 13.6 Å². The Kier molecular flexibility index (Phi) is 6.26. The Balaban J connectivity index is 2.00. The van der Waals surface area contributed by atoms with E-state index in [0.29, 0.717) is 17.8 Å². The van der Waals surface area contributed by atoms with Gasteiger partial charge in [0, 0.05) is 30.2 Å². The molecule has 0 aromatic carbocycles. The van der Waals surface area contributed by atoms with Crippen molar-refractivity contribution in [1.29, 1.82) is 0 Å². The van der Waals surface area contributed by atoms with Crippen molar-refractivity contribution in [1.82, 2.24) is 24.5 Å². The number of amides is 2. The fourth-order valence-electron chi connectivity index (χ4n) is 4.06. The number of nitrogens with zero attached hydrogens (tertiary/aromatic N) is 6. The molecular weight excluding hydrogens is 498 g/mol. The first-order valence-corrected chi connectivity index (χ1v) is 11.3. The van der Waals surface area contributed by atoms with Gasteiger partial charge in [-0.25, -0.2) is 13.8 Å². The lowest BCUT2D eigenvalue weighted by molar-refractivity contribution is -0.385. The van der Waals surface area contributed by atoms with Gasteiger partial charge < -0.3 is 11.1 Å².